The molecule has 2 N–H and O–H groups in total. The van der Waals surface area contributed by atoms with Crippen LogP contribution in [0.15, 0.2) is 77.5 Å². The first-order valence-corrected chi connectivity index (χ1v) is 11.0. The standard InChI is InChI=1S/C24H20F3N3O2S/c1-2-17-14-18(23(33-17)30-22(31)19-6-5-13-32-19)21(29-20-7-3-4-12-28-20)15-8-10-16(11-9-15)24(25,26)27/h3-14,21H,2H2,1H3,(H,28,29)(H,30,31)/t21-/m0/s1. The van der Waals surface area contributed by atoms with Crippen molar-refractivity contribution in [2.75, 3.05) is 10.6 Å². The average molecular weight is 472 g/mol. The number of nitrogens with zero attached hydrogens (tertiary/aromatic N) is 1. The molecule has 0 radical (unpaired) electrons. The molecule has 170 valence electrons. The molecule has 0 aliphatic heterocycles. The predicted octanol–water partition coefficient (Wildman–Crippen LogP) is 6.77. The number of halogens is 3. The molecule has 0 bridgehead atoms. The van der Waals surface area contributed by atoms with Gasteiger partial charge >= 0.3 is 6.18 Å². The number of amides is 1. The molecule has 1 atom stereocenters. The lowest BCUT2D eigenvalue weighted by molar-refractivity contribution is -0.137. The largest absolute Gasteiger partial charge is 0.459 e. The van der Waals surface area contributed by atoms with E-state index in [2.05, 4.69) is 15.6 Å². The Balaban J connectivity index is 1.75. The third-order valence-corrected chi connectivity index (χ3v) is 6.18. The summed E-state index contributed by atoms with van der Waals surface area (Å²) in [5.41, 5.74) is 0.596. The van der Waals surface area contributed by atoms with Gasteiger partial charge in [-0.05, 0) is 54.4 Å². The highest BCUT2D eigenvalue weighted by Gasteiger charge is 2.31. The SMILES string of the molecule is CCc1cc([C@@H](Nc2ccccn2)c2ccc(C(F)(F)F)cc2)c(NC(=O)c2ccco2)s1. The minimum Gasteiger partial charge on any atom is -0.459 e. The van der Waals surface area contributed by atoms with Crippen LogP contribution in [0.1, 0.15) is 45.1 Å². The highest BCUT2D eigenvalue weighted by atomic mass is 32.1. The number of alkyl halides is 3. The van der Waals surface area contributed by atoms with Crippen molar-refractivity contribution in [2.24, 2.45) is 0 Å². The maximum absolute atomic E-state index is 13.1. The summed E-state index contributed by atoms with van der Waals surface area (Å²) < 4.78 is 44.5. The van der Waals surface area contributed by atoms with Gasteiger partial charge in [-0.1, -0.05) is 25.1 Å². The molecule has 0 spiro atoms. The van der Waals surface area contributed by atoms with Crippen LogP contribution in [0.4, 0.5) is 24.0 Å². The molecule has 0 unspecified atom stereocenters. The Bertz CT molecular complexity index is 1200. The minimum absolute atomic E-state index is 0.163. The number of benzene rings is 1. The monoisotopic (exact) mass is 471 g/mol. The smallest absolute Gasteiger partial charge is 0.416 e. The van der Waals surface area contributed by atoms with Crippen LogP contribution in [-0.2, 0) is 12.6 Å². The Labute approximate surface area is 192 Å². The summed E-state index contributed by atoms with van der Waals surface area (Å²) in [5, 5.41) is 6.76. The number of carbonyl (C=O) groups excluding carboxylic acids is 1. The van der Waals surface area contributed by atoms with Crippen molar-refractivity contribution in [2.45, 2.75) is 25.6 Å². The molecular formula is C24H20F3N3O2S. The van der Waals surface area contributed by atoms with E-state index < -0.39 is 23.7 Å². The molecule has 5 nitrogen and oxygen atoms in total. The number of anilines is 2. The molecule has 1 amide bonds. The first-order valence-electron chi connectivity index (χ1n) is 10.2. The quantitative estimate of drug-likeness (QED) is 0.312. The van der Waals surface area contributed by atoms with E-state index in [1.54, 1.807) is 30.5 Å². The Kier molecular flexibility index (Phi) is 6.50. The molecule has 1 aromatic carbocycles. The first-order chi connectivity index (χ1) is 15.8. The van der Waals surface area contributed by atoms with Crippen LogP contribution in [0.25, 0.3) is 0 Å². The van der Waals surface area contributed by atoms with Gasteiger partial charge in [-0.25, -0.2) is 4.98 Å². The first kappa shape index (κ1) is 22.6. The van der Waals surface area contributed by atoms with E-state index in [0.29, 0.717) is 16.4 Å². The number of nitrogens with one attached hydrogen (secondary N) is 2. The predicted molar refractivity (Wildman–Crippen MR) is 122 cm³/mol. The van der Waals surface area contributed by atoms with Crippen LogP contribution in [-0.4, -0.2) is 10.9 Å². The second kappa shape index (κ2) is 9.50. The fraction of sp³-hybridized carbons (Fsp3) is 0.167. The molecule has 0 saturated carbocycles. The molecule has 4 rings (SSSR count). The van der Waals surface area contributed by atoms with E-state index in [4.69, 9.17) is 4.42 Å². The van der Waals surface area contributed by atoms with E-state index in [1.807, 2.05) is 19.1 Å². The second-order valence-electron chi connectivity index (χ2n) is 7.19. The van der Waals surface area contributed by atoms with E-state index in [1.165, 1.54) is 29.7 Å². The lowest BCUT2D eigenvalue weighted by Crippen LogP contribution is -2.17. The topological polar surface area (TPSA) is 67.2 Å². The molecular weight excluding hydrogens is 451 g/mol. The summed E-state index contributed by atoms with van der Waals surface area (Å²) in [6.45, 7) is 1.99. The fourth-order valence-corrected chi connectivity index (χ4v) is 4.35. The van der Waals surface area contributed by atoms with Gasteiger partial charge in [-0.2, -0.15) is 13.2 Å². The number of rotatable bonds is 7. The Morgan fingerprint density at radius 2 is 1.91 bits per heavy atom. The third-order valence-electron chi connectivity index (χ3n) is 4.97. The van der Waals surface area contributed by atoms with E-state index in [0.717, 1.165) is 29.0 Å². The summed E-state index contributed by atoms with van der Waals surface area (Å²) in [7, 11) is 0. The van der Waals surface area contributed by atoms with Gasteiger partial charge in [0.15, 0.2) is 5.76 Å². The number of carbonyl (C=O) groups is 1. The zero-order valence-corrected chi connectivity index (χ0v) is 18.3. The number of aryl methyl sites for hydroxylation is 1. The molecule has 4 aromatic rings. The van der Waals surface area contributed by atoms with Crippen molar-refractivity contribution in [1.82, 2.24) is 4.98 Å². The molecule has 9 heteroatoms. The second-order valence-corrected chi connectivity index (χ2v) is 8.33. The third kappa shape index (κ3) is 5.25. The molecule has 0 saturated heterocycles. The number of thiophene rings is 1. The molecule has 0 aliphatic carbocycles. The zero-order chi connectivity index (χ0) is 23.4. The van der Waals surface area contributed by atoms with E-state index in [9.17, 15) is 18.0 Å². The minimum atomic E-state index is -4.43. The molecule has 3 aromatic heterocycles. The Morgan fingerprint density at radius 1 is 1.12 bits per heavy atom. The van der Waals surface area contributed by atoms with Crippen LogP contribution in [0.3, 0.4) is 0 Å². The maximum atomic E-state index is 13.1. The molecule has 3 heterocycles. The van der Waals surface area contributed by atoms with Gasteiger partial charge in [0.1, 0.15) is 10.8 Å². The molecule has 0 aliphatic rings. The fourth-order valence-electron chi connectivity index (χ4n) is 3.32. The van der Waals surface area contributed by atoms with Gasteiger partial charge in [0.25, 0.3) is 5.91 Å². The summed E-state index contributed by atoms with van der Waals surface area (Å²) in [6.07, 6.45) is -0.661. The maximum Gasteiger partial charge on any atom is 0.416 e. The molecule has 0 fully saturated rings. The number of furan rings is 1. The van der Waals surface area contributed by atoms with Crippen molar-refractivity contribution in [3.8, 4) is 0 Å². The van der Waals surface area contributed by atoms with Crippen LogP contribution < -0.4 is 10.6 Å². The number of aromatic nitrogens is 1. The van der Waals surface area contributed by atoms with Gasteiger partial charge in [-0.15, -0.1) is 11.3 Å². The molecule has 33 heavy (non-hydrogen) atoms. The zero-order valence-electron chi connectivity index (χ0n) is 17.5. The van der Waals surface area contributed by atoms with Crippen molar-refractivity contribution in [3.05, 3.63) is 100 Å². The van der Waals surface area contributed by atoms with Crippen LogP contribution in [0.5, 0.6) is 0 Å². The van der Waals surface area contributed by atoms with Gasteiger partial charge < -0.3 is 15.1 Å². The van der Waals surface area contributed by atoms with Gasteiger partial charge in [0.05, 0.1) is 17.9 Å². The lowest BCUT2D eigenvalue weighted by Gasteiger charge is -2.21. The number of hydrogen-bond donors (Lipinski definition) is 2. The average Bonchev–Trinajstić information content (AvgIpc) is 3.48. The van der Waals surface area contributed by atoms with Crippen molar-refractivity contribution in [1.29, 1.82) is 0 Å². The van der Waals surface area contributed by atoms with Crippen molar-refractivity contribution < 1.29 is 22.4 Å². The summed E-state index contributed by atoms with van der Waals surface area (Å²) >= 11 is 1.41. The number of pyridine rings is 1. The van der Waals surface area contributed by atoms with Gasteiger partial charge in [-0.3, -0.25) is 4.79 Å². The highest BCUT2D eigenvalue weighted by Crippen LogP contribution is 2.39. The van der Waals surface area contributed by atoms with Gasteiger partial charge in [0.2, 0.25) is 0 Å². The summed E-state index contributed by atoms with van der Waals surface area (Å²) in [4.78, 5) is 17.9. The van der Waals surface area contributed by atoms with E-state index >= 15 is 0 Å². The van der Waals surface area contributed by atoms with Crippen LogP contribution in [0.2, 0.25) is 0 Å². The Hall–Kier alpha value is -3.59. The normalized spacial score (nSPS) is 12.4. The van der Waals surface area contributed by atoms with Gasteiger partial charge in [0, 0.05) is 16.6 Å². The summed E-state index contributed by atoms with van der Waals surface area (Å²) in [5.74, 6) is 0.306. The highest BCUT2D eigenvalue weighted by molar-refractivity contribution is 7.16. The summed E-state index contributed by atoms with van der Waals surface area (Å²) in [6, 6.07) is 14.9. The lowest BCUT2D eigenvalue weighted by atomic mass is 9.98. The van der Waals surface area contributed by atoms with Crippen molar-refractivity contribution >= 4 is 28.1 Å². The number of hydrogen-bond acceptors (Lipinski definition) is 5. The van der Waals surface area contributed by atoms with Crippen molar-refractivity contribution in [3.63, 3.8) is 0 Å². The Morgan fingerprint density at radius 3 is 2.52 bits per heavy atom. The van der Waals surface area contributed by atoms with Crippen LogP contribution in [0, 0.1) is 0 Å². The van der Waals surface area contributed by atoms with Crippen LogP contribution >= 0.6 is 11.3 Å². The van der Waals surface area contributed by atoms with E-state index in [-0.39, 0.29) is 5.76 Å².